The van der Waals surface area contributed by atoms with Gasteiger partial charge in [0.2, 0.25) is 5.43 Å². The van der Waals surface area contributed by atoms with E-state index in [-0.39, 0.29) is 10.5 Å². The lowest BCUT2D eigenvalue weighted by Crippen LogP contribution is -2.03. The Kier molecular flexibility index (Phi) is 2.09. The number of fused-ring (bicyclic) bond motifs is 1. The number of aromatic nitrogens is 2. The van der Waals surface area contributed by atoms with E-state index in [1.165, 1.54) is 6.20 Å². The number of hydrogen-bond donors (Lipinski definition) is 1. The molecule has 5 heteroatoms. The van der Waals surface area contributed by atoms with Crippen LogP contribution in [0.25, 0.3) is 11.0 Å². The van der Waals surface area contributed by atoms with Gasteiger partial charge in [-0.3, -0.25) is 4.79 Å². The van der Waals surface area contributed by atoms with Crippen molar-refractivity contribution < 1.29 is 0 Å². The number of pyridine rings is 2. The number of nitrogens with one attached hydrogen (secondary N) is 1. The minimum atomic E-state index is -0.199. The van der Waals surface area contributed by atoms with E-state index in [1.54, 1.807) is 12.1 Å². The molecular weight excluding hydrogens is 255 g/mol. The predicted octanol–water partition coefficient (Wildman–Crippen LogP) is 2.34. The highest BCUT2D eigenvalue weighted by atomic mass is 79.9. The highest BCUT2D eigenvalue weighted by Crippen LogP contribution is 2.12. The van der Waals surface area contributed by atoms with E-state index in [2.05, 4.69) is 25.9 Å². The van der Waals surface area contributed by atoms with Gasteiger partial charge in [-0.2, -0.15) is 0 Å². The average Bonchev–Trinajstić information content (AvgIpc) is 2.12. The van der Waals surface area contributed by atoms with Gasteiger partial charge in [0.25, 0.3) is 0 Å². The summed E-state index contributed by atoms with van der Waals surface area (Å²) in [5.74, 6) is 0. The molecule has 0 amide bonds. The van der Waals surface area contributed by atoms with Crippen LogP contribution in [0.5, 0.6) is 0 Å². The summed E-state index contributed by atoms with van der Waals surface area (Å²) in [4.78, 5) is 18.3. The Hall–Kier alpha value is -0.870. The molecule has 0 aliphatic carbocycles. The molecule has 0 aliphatic heterocycles. The molecule has 0 saturated carbocycles. The monoisotopic (exact) mass is 258 g/mol. The maximum Gasteiger partial charge on any atom is 0.209 e. The molecule has 66 valence electrons. The average molecular weight is 259 g/mol. The summed E-state index contributed by atoms with van der Waals surface area (Å²) in [6.45, 7) is 0. The van der Waals surface area contributed by atoms with Crippen molar-refractivity contribution in [3.8, 4) is 0 Å². The second-order valence-electron chi connectivity index (χ2n) is 2.50. The fourth-order valence-electron chi connectivity index (χ4n) is 1.05. The van der Waals surface area contributed by atoms with E-state index < -0.39 is 0 Å². The van der Waals surface area contributed by atoms with E-state index in [1.807, 2.05) is 0 Å². The van der Waals surface area contributed by atoms with E-state index in [0.717, 1.165) is 0 Å². The lowest BCUT2D eigenvalue weighted by atomic mass is 10.3. The standard InChI is InChI=1S/C8H4BrClN2O/c9-6-2-1-4-7(13)5(10)3-11-8(4)12-6/h1-3H,(H,11,12,13). The molecule has 0 spiro atoms. The molecule has 2 aromatic heterocycles. The Morgan fingerprint density at radius 3 is 3.00 bits per heavy atom. The second kappa shape index (κ2) is 3.12. The molecule has 1 N–H and O–H groups in total. The lowest BCUT2D eigenvalue weighted by molar-refractivity contribution is 1.25. The Bertz CT molecular complexity index is 523. The van der Waals surface area contributed by atoms with Crippen molar-refractivity contribution in [3.05, 3.63) is 38.2 Å². The molecule has 0 unspecified atom stereocenters. The molecule has 0 bridgehead atoms. The van der Waals surface area contributed by atoms with Crippen LogP contribution in [-0.4, -0.2) is 9.97 Å². The summed E-state index contributed by atoms with van der Waals surface area (Å²) < 4.78 is 0.679. The van der Waals surface area contributed by atoms with E-state index in [9.17, 15) is 4.79 Å². The number of nitrogens with zero attached hydrogens (tertiary/aromatic N) is 1. The largest absolute Gasteiger partial charge is 0.344 e. The quantitative estimate of drug-likeness (QED) is 0.738. The molecule has 0 atom stereocenters. The van der Waals surface area contributed by atoms with Gasteiger partial charge >= 0.3 is 0 Å². The maximum absolute atomic E-state index is 11.4. The van der Waals surface area contributed by atoms with Crippen LogP contribution in [0.1, 0.15) is 0 Å². The van der Waals surface area contributed by atoms with Crippen LogP contribution in [0, 0.1) is 0 Å². The van der Waals surface area contributed by atoms with Crippen molar-refractivity contribution in [1.82, 2.24) is 9.97 Å². The van der Waals surface area contributed by atoms with Crippen molar-refractivity contribution in [1.29, 1.82) is 0 Å². The third-order valence-electron chi connectivity index (χ3n) is 1.66. The molecule has 3 nitrogen and oxygen atoms in total. The topological polar surface area (TPSA) is 45.8 Å². The minimum Gasteiger partial charge on any atom is -0.344 e. The first kappa shape index (κ1) is 8.72. The van der Waals surface area contributed by atoms with E-state index in [0.29, 0.717) is 15.6 Å². The third kappa shape index (κ3) is 1.47. The molecule has 2 rings (SSSR count). The molecule has 13 heavy (non-hydrogen) atoms. The summed E-state index contributed by atoms with van der Waals surface area (Å²) in [5.41, 5.74) is 0.333. The molecule has 2 heterocycles. The first-order valence-electron chi connectivity index (χ1n) is 3.52. The normalized spacial score (nSPS) is 10.6. The molecule has 0 aromatic carbocycles. The van der Waals surface area contributed by atoms with Gasteiger partial charge in [-0.25, -0.2) is 4.98 Å². The Labute approximate surface area is 86.9 Å². The van der Waals surface area contributed by atoms with Crippen LogP contribution in [0.15, 0.2) is 27.7 Å². The van der Waals surface area contributed by atoms with Gasteiger partial charge in [-0.15, -0.1) is 0 Å². The van der Waals surface area contributed by atoms with E-state index in [4.69, 9.17) is 11.6 Å². The van der Waals surface area contributed by atoms with Crippen LogP contribution in [0.2, 0.25) is 5.02 Å². The SMILES string of the molecule is O=c1c(Cl)c[nH]c2nc(Br)ccc12. The molecule has 0 fully saturated rings. The van der Waals surface area contributed by atoms with Gasteiger partial charge in [-0.05, 0) is 28.1 Å². The van der Waals surface area contributed by atoms with Gasteiger partial charge < -0.3 is 4.98 Å². The number of H-pyrrole nitrogens is 1. The number of halogens is 2. The zero-order valence-corrected chi connectivity index (χ0v) is 8.69. The summed E-state index contributed by atoms with van der Waals surface area (Å²) in [5, 5.41) is 0.673. The Balaban J connectivity index is 2.95. The van der Waals surface area contributed by atoms with Crippen molar-refractivity contribution in [2.45, 2.75) is 0 Å². The van der Waals surface area contributed by atoms with Crippen LogP contribution >= 0.6 is 27.5 Å². The molecule has 2 aromatic rings. The summed E-state index contributed by atoms with van der Waals surface area (Å²) >= 11 is 8.85. The van der Waals surface area contributed by atoms with Crippen molar-refractivity contribution in [3.63, 3.8) is 0 Å². The van der Waals surface area contributed by atoms with Crippen molar-refractivity contribution in [2.24, 2.45) is 0 Å². The second-order valence-corrected chi connectivity index (χ2v) is 3.72. The van der Waals surface area contributed by atoms with Gasteiger partial charge in [0.05, 0.1) is 5.39 Å². The number of hydrogen-bond acceptors (Lipinski definition) is 2. The lowest BCUT2D eigenvalue weighted by Gasteiger charge is -1.97. The molecule has 0 radical (unpaired) electrons. The van der Waals surface area contributed by atoms with Gasteiger partial charge in [0.15, 0.2) is 0 Å². The predicted molar refractivity (Wildman–Crippen MR) is 55.1 cm³/mol. The van der Waals surface area contributed by atoms with E-state index >= 15 is 0 Å². The van der Waals surface area contributed by atoms with Gasteiger partial charge in [0, 0.05) is 6.20 Å². The van der Waals surface area contributed by atoms with Crippen LogP contribution in [0.3, 0.4) is 0 Å². The number of aromatic amines is 1. The first-order valence-corrected chi connectivity index (χ1v) is 4.69. The fraction of sp³-hybridized carbons (Fsp3) is 0. The molecule has 0 saturated heterocycles. The van der Waals surface area contributed by atoms with Crippen molar-refractivity contribution >= 4 is 38.6 Å². The maximum atomic E-state index is 11.4. The third-order valence-corrected chi connectivity index (χ3v) is 2.38. The highest BCUT2D eigenvalue weighted by molar-refractivity contribution is 9.10. The van der Waals surface area contributed by atoms with Crippen LogP contribution < -0.4 is 5.43 Å². The smallest absolute Gasteiger partial charge is 0.209 e. The summed E-state index contributed by atoms with van der Waals surface area (Å²) in [7, 11) is 0. The Morgan fingerprint density at radius 2 is 2.23 bits per heavy atom. The molecule has 0 aliphatic rings. The minimum absolute atomic E-state index is 0.177. The fourth-order valence-corrected chi connectivity index (χ4v) is 1.52. The van der Waals surface area contributed by atoms with Crippen LogP contribution in [0.4, 0.5) is 0 Å². The van der Waals surface area contributed by atoms with Gasteiger partial charge in [0.1, 0.15) is 15.3 Å². The van der Waals surface area contributed by atoms with Crippen molar-refractivity contribution in [2.75, 3.05) is 0 Å². The number of rotatable bonds is 0. The summed E-state index contributed by atoms with van der Waals surface area (Å²) in [6, 6.07) is 3.38. The van der Waals surface area contributed by atoms with Gasteiger partial charge in [-0.1, -0.05) is 11.6 Å². The highest BCUT2D eigenvalue weighted by Gasteiger charge is 2.03. The zero-order valence-electron chi connectivity index (χ0n) is 6.34. The molecular formula is C8H4BrClN2O. The summed E-state index contributed by atoms with van der Waals surface area (Å²) in [6.07, 6.45) is 1.44. The zero-order chi connectivity index (χ0) is 9.42. The Morgan fingerprint density at radius 1 is 1.46 bits per heavy atom. The van der Waals surface area contributed by atoms with Crippen LogP contribution in [-0.2, 0) is 0 Å². The first-order chi connectivity index (χ1) is 6.18.